The molecule has 1 fully saturated rings. The number of carbonyl (C=O) groups is 1. The summed E-state index contributed by atoms with van der Waals surface area (Å²) in [7, 11) is 0. The van der Waals surface area contributed by atoms with Crippen LogP contribution in [0.15, 0.2) is 30.3 Å². The zero-order chi connectivity index (χ0) is 13.0. The van der Waals surface area contributed by atoms with Crippen molar-refractivity contribution < 1.29 is 9.90 Å². The number of carboxylic acids is 1. The molecule has 1 aromatic rings. The van der Waals surface area contributed by atoms with Crippen LogP contribution in [0.2, 0.25) is 0 Å². The standard InChI is InChI=1S/C15H21NO2/c1-2-6-13(11-7-4-3-5-8-11)16-14(15(17)18)12-9-10-12/h3-5,7-8,12-14,16H,2,6,9-10H2,1H3,(H,17,18). The zero-order valence-electron chi connectivity index (χ0n) is 10.8. The van der Waals surface area contributed by atoms with E-state index in [1.54, 1.807) is 0 Å². The van der Waals surface area contributed by atoms with Gasteiger partial charge < -0.3 is 5.11 Å². The summed E-state index contributed by atoms with van der Waals surface area (Å²) < 4.78 is 0. The maximum absolute atomic E-state index is 11.3. The van der Waals surface area contributed by atoms with Gasteiger partial charge in [-0.25, -0.2) is 0 Å². The number of nitrogens with one attached hydrogen (secondary N) is 1. The Kier molecular flexibility index (Phi) is 4.37. The molecule has 2 unspecified atom stereocenters. The Balaban J connectivity index is 2.07. The van der Waals surface area contributed by atoms with Crippen LogP contribution in [0.4, 0.5) is 0 Å². The van der Waals surface area contributed by atoms with Crippen molar-refractivity contribution >= 4 is 5.97 Å². The van der Waals surface area contributed by atoms with Crippen LogP contribution in [0.5, 0.6) is 0 Å². The fourth-order valence-electron chi connectivity index (χ4n) is 2.38. The molecule has 1 aromatic carbocycles. The number of benzene rings is 1. The van der Waals surface area contributed by atoms with Gasteiger partial charge in [0.1, 0.15) is 6.04 Å². The van der Waals surface area contributed by atoms with Crippen LogP contribution < -0.4 is 5.32 Å². The quantitative estimate of drug-likeness (QED) is 0.778. The minimum atomic E-state index is -0.713. The largest absolute Gasteiger partial charge is 0.480 e. The Hall–Kier alpha value is -1.35. The lowest BCUT2D eigenvalue weighted by atomic mass is 10.0. The van der Waals surface area contributed by atoms with Crippen molar-refractivity contribution in [1.29, 1.82) is 0 Å². The molecule has 98 valence electrons. The lowest BCUT2D eigenvalue weighted by Crippen LogP contribution is -2.40. The monoisotopic (exact) mass is 247 g/mol. The van der Waals surface area contributed by atoms with Crippen molar-refractivity contribution in [3.8, 4) is 0 Å². The van der Waals surface area contributed by atoms with E-state index in [4.69, 9.17) is 0 Å². The number of hydrogen-bond acceptors (Lipinski definition) is 2. The average Bonchev–Trinajstić information content (AvgIpc) is 3.19. The molecule has 0 saturated heterocycles. The van der Waals surface area contributed by atoms with Crippen LogP contribution in [0.1, 0.15) is 44.2 Å². The van der Waals surface area contributed by atoms with Crippen LogP contribution in [-0.2, 0) is 4.79 Å². The molecular formula is C15H21NO2. The summed E-state index contributed by atoms with van der Waals surface area (Å²) >= 11 is 0. The smallest absolute Gasteiger partial charge is 0.320 e. The molecule has 0 aliphatic heterocycles. The highest BCUT2D eigenvalue weighted by Crippen LogP contribution is 2.34. The first-order valence-electron chi connectivity index (χ1n) is 6.76. The Labute approximate surface area is 108 Å². The van der Waals surface area contributed by atoms with Crippen LogP contribution in [-0.4, -0.2) is 17.1 Å². The summed E-state index contributed by atoms with van der Waals surface area (Å²) in [4.78, 5) is 11.3. The van der Waals surface area contributed by atoms with Gasteiger partial charge in [0.25, 0.3) is 0 Å². The Bertz CT molecular complexity index is 387. The lowest BCUT2D eigenvalue weighted by molar-refractivity contribution is -0.140. The zero-order valence-corrected chi connectivity index (χ0v) is 10.8. The third kappa shape index (κ3) is 3.33. The average molecular weight is 247 g/mol. The maximum atomic E-state index is 11.3. The van der Waals surface area contributed by atoms with Crippen LogP contribution in [0.3, 0.4) is 0 Å². The predicted octanol–water partition coefficient (Wildman–Crippen LogP) is 2.98. The van der Waals surface area contributed by atoms with Gasteiger partial charge in [-0.1, -0.05) is 43.7 Å². The van der Waals surface area contributed by atoms with E-state index in [1.165, 1.54) is 5.56 Å². The number of hydrogen-bond donors (Lipinski definition) is 2. The molecule has 18 heavy (non-hydrogen) atoms. The van der Waals surface area contributed by atoms with E-state index in [1.807, 2.05) is 18.2 Å². The van der Waals surface area contributed by atoms with Crippen molar-refractivity contribution in [2.45, 2.75) is 44.7 Å². The topological polar surface area (TPSA) is 49.3 Å². The van der Waals surface area contributed by atoms with Crippen molar-refractivity contribution in [2.75, 3.05) is 0 Å². The van der Waals surface area contributed by atoms with E-state index in [0.717, 1.165) is 25.7 Å². The molecule has 0 heterocycles. The van der Waals surface area contributed by atoms with Crippen molar-refractivity contribution in [3.63, 3.8) is 0 Å². The van der Waals surface area contributed by atoms with E-state index in [2.05, 4.69) is 24.4 Å². The summed E-state index contributed by atoms with van der Waals surface area (Å²) in [6.45, 7) is 2.13. The fourth-order valence-corrected chi connectivity index (χ4v) is 2.38. The molecule has 0 bridgehead atoms. The molecule has 2 rings (SSSR count). The van der Waals surface area contributed by atoms with Gasteiger partial charge in [0.15, 0.2) is 0 Å². The van der Waals surface area contributed by atoms with Gasteiger partial charge in [0.05, 0.1) is 0 Å². The normalized spacial score (nSPS) is 18.3. The highest BCUT2D eigenvalue weighted by molar-refractivity contribution is 5.74. The second kappa shape index (κ2) is 6.01. The molecule has 3 heteroatoms. The molecule has 0 spiro atoms. The fraction of sp³-hybridized carbons (Fsp3) is 0.533. The minimum absolute atomic E-state index is 0.151. The molecule has 3 nitrogen and oxygen atoms in total. The Morgan fingerprint density at radius 1 is 1.39 bits per heavy atom. The molecule has 0 radical (unpaired) electrons. The number of rotatable bonds is 7. The van der Waals surface area contributed by atoms with Crippen molar-refractivity contribution in [3.05, 3.63) is 35.9 Å². The molecule has 2 N–H and O–H groups in total. The van der Waals surface area contributed by atoms with E-state index in [0.29, 0.717) is 5.92 Å². The first kappa shape index (κ1) is 13.1. The van der Waals surface area contributed by atoms with Gasteiger partial charge in [0, 0.05) is 6.04 Å². The highest BCUT2D eigenvalue weighted by Gasteiger charge is 2.37. The molecule has 1 aliphatic carbocycles. The van der Waals surface area contributed by atoms with Gasteiger partial charge in [0.2, 0.25) is 0 Å². The highest BCUT2D eigenvalue weighted by atomic mass is 16.4. The first-order valence-corrected chi connectivity index (χ1v) is 6.76. The molecule has 1 saturated carbocycles. The minimum Gasteiger partial charge on any atom is -0.480 e. The van der Waals surface area contributed by atoms with E-state index >= 15 is 0 Å². The third-order valence-electron chi connectivity index (χ3n) is 3.52. The van der Waals surface area contributed by atoms with Crippen LogP contribution >= 0.6 is 0 Å². The molecule has 2 atom stereocenters. The SMILES string of the molecule is CCCC(NC(C(=O)O)C1CC1)c1ccccc1. The lowest BCUT2D eigenvalue weighted by Gasteiger charge is -2.23. The summed E-state index contributed by atoms with van der Waals surface area (Å²) in [5.41, 5.74) is 1.19. The molecular weight excluding hydrogens is 226 g/mol. The molecule has 0 aromatic heterocycles. The second-order valence-corrected chi connectivity index (χ2v) is 5.07. The predicted molar refractivity (Wildman–Crippen MR) is 71.4 cm³/mol. The third-order valence-corrected chi connectivity index (χ3v) is 3.52. The number of aliphatic carboxylic acids is 1. The molecule has 1 aliphatic rings. The summed E-state index contributed by atoms with van der Waals surface area (Å²) in [6, 6.07) is 9.90. The Morgan fingerprint density at radius 3 is 2.56 bits per heavy atom. The van der Waals surface area contributed by atoms with Gasteiger partial charge in [-0.15, -0.1) is 0 Å². The van der Waals surface area contributed by atoms with E-state index in [9.17, 15) is 9.90 Å². The van der Waals surface area contributed by atoms with Crippen molar-refractivity contribution in [2.24, 2.45) is 5.92 Å². The van der Waals surface area contributed by atoms with Gasteiger partial charge in [-0.3, -0.25) is 10.1 Å². The molecule has 0 amide bonds. The number of carboxylic acid groups (broad SMARTS) is 1. The van der Waals surface area contributed by atoms with Gasteiger partial charge in [-0.2, -0.15) is 0 Å². The summed E-state index contributed by atoms with van der Waals surface area (Å²) in [5.74, 6) is -0.389. The van der Waals surface area contributed by atoms with Crippen LogP contribution in [0, 0.1) is 5.92 Å². The summed E-state index contributed by atoms with van der Waals surface area (Å²) in [6.07, 6.45) is 4.10. The summed E-state index contributed by atoms with van der Waals surface area (Å²) in [5, 5.41) is 12.6. The van der Waals surface area contributed by atoms with Gasteiger partial charge >= 0.3 is 5.97 Å². The van der Waals surface area contributed by atoms with E-state index < -0.39 is 5.97 Å². The Morgan fingerprint density at radius 2 is 2.06 bits per heavy atom. The maximum Gasteiger partial charge on any atom is 0.320 e. The van der Waals surface area contributed by atoms with E-state index in [-0.39, 0.29) is 12.1 Å². The first-order chi connectivity index (χ1) is 8.72. The van der Waals surface area contributed by atoms with Gasteiger partial charge in [-0.05, 0) is 30.7 Å². The second-order valence-electron chi connectivity index (χ2n) is 5.07. The van der Waals surface area contributed by atoms with Crippen molar-refractivity contribution in [1.82, 2.24) is 5.32 Å². The van der Waals surface area contributed by atoms with Crippen LogP contribution in [0.25, 0.3) is 0 Å².